The van der Waals surface area contributed by atoms with Crippen LogP contribution in [-0.2, 0) is 22.2 Å². The molecule has 2 atom stereocenters. The number of carbonyl (C=O) groups is 2. The van der Waals surface area contributed by atoms with Gasteiger partial charge in [-0.3, -0.25) is 14.4 Å². The Hall–Kier alpha value is -3.70. The van der Waals surface area contributed by atoms with Gasteiger partial charge in [-0.1, -0.05) is 43.1 Å². The number of nitrogens with zero attached hydrogens (tertiary/aromatic N) is 2. The molecule has 0 fully saturated rings. The van der Waals surface area contributed by atoms with Crippen LogP contribution in [0.25, 0.3) is 11.1 Å². The number of alkyl halides is 3. The van der Waals surface area contributed by atoms with Crippen LogP contribution in [0.3, 0.4) is 0 Å². The van der Waals surface area contributed by atoms with Gasteiger partial charge in [-0.25, -0.2) is 4.39 Å². The second-order valence-electron chi connectivity index (χ2n) is 12.4. The molecular formula is C34H40ClF4N3O4. The summed E-state index contributed by atoms with van der Waals surface area (Å²) in [7, 11) is 3.39. The topological polar surface area (TPSA) is 91.6 Å². The molecule has 12 heteroatoms. The summed E-state index contributed by atoms with van der Waals surface area (Å²) in [5.74, 6) is -3.30. The summed E-state index contributed by atoms with van der Waals surface area (Å²) in [5.41, 5.74) is 1.60. The number of halogens is 5. The highest BCUT2D eigenvalue weighted by atomic mass is 35.5. The highest BCUT2D eigenvalue weighted by Gasteiger charge is 2.36. The van der Waals surface area contributed by atoms with Crippen molar-refractivity contribution in [3.8, 4) is 11.1 Å². The summed E-state index contributed by atoms with van der Waals surface area (Å²) in [5, 5.41) is 12.1. The number of hydrogen-bond acceptors (Lipinski definition) is 4. The van der Waals surface area contributed by atoms with E-state index in [0.717, 1.165) is 33.0 Å². The minimum absolute atomic E-state index is 0.0368. The predicted molar refractivity (Wildman–Crippen MR) is 171 cm³/mol. The van der Waals surface area contributed by atoms with Gasteiger partial charge in [0.25, 0.3) is 5.56 Å². The molecule has 0 aliphatic carbocycles. The number of amides is 1. The molecule has 3 rings (SSSR count). The zero-order valence-corrected chi connectivity index (χ0v) is 27.7. The maximum atomic E-state index is 15.6. The Morgan fingerprint density at radius 2 is 1.65 bits per heavy atom. The highest BCUT2D eigenvalue weighted by Crippen LogP contribution is 2.36. The van der Waals surface area contributed by atoms with E-state index in [4.69, 9.17) is 11.6 Å². The molecule has 1 heterocycles. The normalized spacial score (nSPS) is 13.3. The first-order chi connectivity index (χ1) is 21.3. The second kappa shape index (κ2) is 14.8. The predicted octanol–water partition coefficient (Wildman–Crippen LogP) is 7.28. The average molecular weight is 666 g/mol. The number of pyridine rings is 1. The Labute approximate surface area is 271 Å². The fraction of sp³-hybridized carbons (Fsp3) is 0.441. The van der Waals surface area contributed by atoms with Crippen molar-refractivity contribution < 1.29 is 32.3 Å². The molecule has 7 nitrogen and oxygen atoms in total. The fourth-order valence-corrected chi connectivity index (χ4v) is 5.99. The molecule has 3 aromatic rings. The lowest BCUT2D eigenvalue weighted by atomic mass is 9.91. The van der Waals surface area contributed by atoms with Crippen LogP contribution in [0.1, 0.15) is 72.2 Å². The lowest BCUT2D eigenvalue weighted by molar-refractivity contribution is -0.139. The van der Waals surface area contributed by atoms with Gasteiger partial charge in [0.2, 0.25) is 5.91 Å². The molecule has 0 radical (unpaired) electrons. The maximum Gasteiger partial charge on any atom is 0.416 e. The van der Waals surface area contributed by atoms with Crippen molar-refractivity contribution in [2.45, 2.75) is 72.1 Å². The number of hydrogen-bond donors (Lipinski definition) is 2. The fourth-order valence-electron chi connectivity index (χ4n) is 5.76. The van der Waals surface area contributed by atoms with Crippen molar-refractivity contribution in [3.05, 3.63) is 91.1 Å². The Bertz CT molecular complexity index is 1640. The zero-order chi connectivity index (χ0) is 34.7. The number of rotatable bonds is 12. The summed E-state index contributed by atoms with van der Waals surface area (Å²) >= 11 is 6.32. The van der Waals surface area contributed by atoms with Gasteiger partial charge in [0.05, 0.1) is 23.0 Å². The van der Waals surface area contributed by atoms with Crippen LogP contribution in [-0.4, -0.2) is 47.1 Å². The van der Waals surface area contributed by atoms with Crippen LogP contribution >= 0.6 is 11.6 Å². The van der Waals surface area contributed by atoms with Crippen LogP contribution in [0.5, 0.6) is 0 Å². The summed E-state index contributed by atoms with van der Waals surface area (Å²) in [6, 6.07) is 4.52. The lowest BCUT2D eigenvalue weighted by Crippen LogP contribution is -2.41. The molecule has 0 bridgehead atoms. The van der Waals surface area contributed by atoms with Crippen LogP contribution < -0.4 is 10.9 Å². The van der Waals surface area contributed by atoms with Crippen molar-refractivity contribution in [3.63, 3.8) is 0 Å². The quantitative estimate of drug-likeness (QED) is 0.199. The number of aromatic nitrogens is 1. The summed E-state index contributed by atoms with van der Waals surface area (Å²) in [6.45, 7) is 9.49. The molecule has 0 aliphatic rings. The van der Waals surface area contributed by atoms with Gasteiger partial charge in [0.1, 0.15) is 11.9 Å². The molecule has 1 aromatic heterocycles. The smallest absolute Gasteiger partial charge is 0.416 e. The van der Waals surface area contributed by atoms with Crippen LogP contribution in [0.2, 0.25) is 5.02 Å². The van der Waals surface area contributed by atoms with Crippen molar-refractivity contribution in [1.82, 2.24) is 14.8 Å². The van der Waals surface area contributed by atoms with E-state index < -0.39 is 53.5 Å². The second-order valence-corrected chi connectivity index (χ2v) is 12.9. The molecule has 0 spiro atoms. The SMILES string of the molecule is Cc1cc(C)c(-c2cc(Cl)c(F)c(C(CC(=O)O)NC(=O)C(CC(C)C)n3cc(CCN(C)C)c(C(F)(F)F)cc3=O)c2)c(C)c1. The van der Waals surface area contributed by atoms with Gasteiger partial charge in [-0.2, -0.15) is 13.2 Å². The zero-order valence-electron chi connectivity index (χ0n) is 27.0. The summed E-state index contributed by atoms with van der Waals surface area (Å²) in [4.78, 5) is 40.7. The van der Waals surface area contributed by atoms with Gasteiger partial charge in [0, 0.05) is 24.4 Å². The van der Waals surface area contributed by atoms with E-state index in [9.17, 15) is 32.7 Å². The van der Waals surface area contributed by atoms with Gasteiger partial charge >= 0.3 is 12.1 Å². The Morgan fingerprint density at radius 3 is 2.17 bits per heavy atom. The highest BCUT2D eigenvalue weighted by molar-refractivity contribution is 6.31. The van der Waals surface area contributed by atoms with E-state index in [0.29, 0.717) is 11.6 Å². The van der Waals surface area contributed by atoms with E-state index >= 15 is 4.39 Å². The number of benzene rings is 2. The molecule has 0 aliphatic heterocycles. The number of aryl methyl sites for hydroxylation is 3. The number of carbonyl (C=O) groups excluding carboxylic acids is 1. The monoisotopic (exact) mass is 665 g/mol. The minimum atomic E-state index is -4.79. The number of nitrogens with one attached hydrogen (secondary N) is 1. The van der Waals surface area contributed by atoms with Crippen molar-refractivity contribution in [2.24, 2.45) is 5.92 Å². The number of likely N-dealkylation sites (N-methyl/N-ethyl adjacent to an activating group) is 1. The first-order valence-electron chi connectivity index (χ1n) is 14.9. The number of carboxylic acids is 1. The minimum Gasteiger partial charge on any atom is -0.481 e. The molecule has 46 heavy (non-hydrogen) atoms. The molecular weight excluding hydrogens is 626 g/mol. The largest absolute Gasteiger partial charge is 0.481 e. The lowest BCUT2D eigenvalue weighted by Gasteiger charge is -2.27. The third-order valence-electron chi connectivity index (χ3n) is 7.72. The molecule has 2 aromatic carbocycles. The average Bonchev–Trinajstić information content (AvgIpc) is 2.90. The molecule has 0 saturated carbocycles. The van der Waals surface area contributed by atoms with E-state index in [1.165, 1.54) is 12.1 Å². The van der Waals surface area contributed by atoms with Crippen LogP contribution in [0.15, 0.2) is 41.3 Å². The van der Waals surface area contributed by atoms with Gasteiger partial charge < -0.3 is 19.9 Å². The maximum absolute atomic E-state index is 15.6. The van der Waals surface area contributed by atoms with E-state index in [1.54, 1.807) is 32.8 Å². The van der Waals surface area contributed by atoms with Crippen LogP contribution in [0.4, 0.5) is 17.6 Å². The summed E-state index contributed by atoms with van der Waals surface area (Å²) in [6.07, 6.45) is -4.48. The van der Waals surface area contributed by atoms with Gasteiger partial charge in [-0.05, 0) is 93.6 Å². The van der Waals surface area contributed by atoms with E-state index in [-0.39, 0.29) is 41.5 Å². The summed E-state index contributed by atoms with van der Waals surface area (Å²) < 4.78 is 58.2. The van der Waals surface area contributed by atoms with Crippen molar-refractivity contribution in [1.29, 1.82) is 0 Å². The third kappa shape index (κ3) is 8.97. The molecule has 2 unspecified atom stereocenters. The molecule has 250 valence electrons. The van der Waals surface area contributed by atoms with Crippen molar-refractivity contribution in [2.75, 3.05) is 20.6 Å². The third-order valence-corrected chi connectivity index (χ3v) is 8.00. The number of carboxylic acid groups (broad SMARTS) is 1. The van der Waals surface area contributed by atoms with E-state index in [1.807, 2.05) is 32.9 Å². The van der Waals surface area contributed by atoms with Gasteiger partial charge in [-0.15, -0.1) is 0 Å². The van der Waals surface area contributed by atoms with E-state index in [2.05, 4.69) is 5.32 Å². The van der Waals surface area contributed by atoms with Gasteiger partial charge in [0.15, 0.2) is 0 Å². The standard InChI is InChI=1S/C34H40ClF4N3O4/c1-18(2)10-28(42-17-22(8-9-41(6)7)25(15-29(42)43)34(37,38)39)33(46)40-27(16-30(44)45)24-13-23(14-26(35)32(24)36)31-20(4)11-19(3)12-21(31)5/h11-15,17-18,27-28H,8-10,16H2,1-7H3,(H,40,46)(H,44,45). The molecule has 2 N–H and O–H groups in total. The Kier molecular flexibility index (Phi) is 11.8. The Morgan fingerprint density at radius 1 is 1.04 bits per heavy atom. The first kappa shape index (κ1) is 36.8. The molecule has 0 saturated heterocycles. The van der Waals surface area contributed by atoms with Crippen LogP contribution in [0, 0.1) is 32.5 Å². The first-order valence-corrected chi connectivity index (χ1v) is 15.2. The molecule has 1 amide bonds. The number of aliphatic carboxylic acids is 1. The van der Waals surface area contributed by atoms with Crippen molar-refractivity contribution >= 4 is 23.5 Å². The Balaban J connectivity index is 2.15.